The second-order valence-corrected chi connectivity index (χ2v) is 39.8. The number of hydrogen-bond acceptors (Lipinski definition) is 9. The molecule has 12 heterocycles. The van der Waals surface area contributed by atoms with Crippen LogP contribution in [-0.2, 0) is 13.7 Å². The number of para-hydroxylation sites is 3. The van der Waals surface area contributed by atoms with Gasteiger partial charge in [0.1, 0.15) is 0 Å². The molecule has 576 valence electrons. The fourth-order valence-corrected chi connectivity index (χ4v) is 29.2. The van der Waals surface area contributed by atoms with Crippen molar-refractivity contribution in [3.05, 3.63) is 401 Å². The molecule has 0 saturated heterocycles. The summed E-state index contributed by atoms with van der Waals surface area (Å²) in [5.74, 6) is 0. The molecule has 9 aromatic heterocycles. The molecule has 12 nitrogen and oxygen atoms in total. The highest BCUT2D eigenvalue weighted by Gasteiger charge is 2.44. The minimum absolute atomic E-state index is 0.869. The maximum Gasteiger partial charge on any atom is 0.172 e. The van der Waals surface area contributed by atoms with E-state index in [1.54, 1.807) is 0 Å². The van der Waals surface area contributed by atoms with E-state index in [2.05, 4.69) is 223 Å². The molecule has 0 amide bonds. The molecule has 0 N–H and O–H groups in total. The number of benzene rings is 15. The molecule has 27 rings (SSSR count). The van der Waals surface area contributed by atoms with Crippen molar-refractivity contribution < 1.29 is 13.7 Å². The number of rotatable bonds is 6. The Hall–Kier alpha value is -15.2. The largest absolute Gasteiger partial charge is 0.309 e. The van der Waals surface area contributed by atoms with Crippen LogP contribution >= 0.6 is 21.4 Å². The quantitative estimate of drug-likeness (QED) is 0.117. The van der Waals surface area contributed by atoms with Gasteiger partial charge in [-0.05, 0) is 143 Å². The van der Waals surface area contributed by atoms with Gasteiger partial charge in [-0.15, -0.1) is 0 Å². The fourth-order valence-electron chi connectivity index (χ4n) is 20.0. The average molecular weight is 1630 g/mol. The lowest BCUT2D eigenvalue weighted by Gasteiger charge is -2.16. The van der Waals surface area contributed by atoms with E-state index in [-0.39, 0.29) is 0 Å². The van der Waals surface area contributed by atoms with Crippen molar-refractivity contribution in [2.24, 2.45) is 0 Å². The van der Waals surface area contributed by atoms with Gasteiger partial charge >= 0.3 is 0 Å². The first kappa shape index (κ1) is 70.8. The van der Waals surface area contributed by atoms with E-state index in [9.17, 15) is 0 Å². The standard InChI is InChI=1S/3C36H22N3OP/c40-41(24-11-2-1-3-12-24)33-17-7-5-14-26(33)29-21-32-28(22-34(29)41)25-13-4-6-16-30(25)39(32)31-20-23-10-8-18-37-35(23)36-27(31)15-9-19-38-36;40-41(24-10-2-1-3-11-24)33-15-7-5-13-26(33)29-21-32-28(22-34(29)41)25-12-4-6-14-30(25)39(32)31-18-20-38-36-27(31)17-16-23-9-8-19-37-35(23)36;40-41(26-10-2-1-3-11-26)33-15-7-5-13-28(33)30-20-32-29(21-34(30)41)27-12-4-6-14-31(27)39(32)25-19-24-17-16-23-9-8-18-37-35(23)36(24)38-22-25/h3*1-22H. The topological polar surface area (TPSA) is 143 Å². The van der Waals surface area contributed by atoms with Crippen molar-refractivity contribution >= 4 is 200 Å². The van der Waals surface area contributed by atoms with Gasteiger partial charge in [0.15, 0.2) is 21.4 Å². The van der Waals surface area contributed by atoms with Crippen LogP contribution in [0.4, 0.5) is 0 Å². The third-order valence-electron chi connectivity index (χ3n) is 25.4. The number of nitrogens with zero attached hydrogens (tertiary/aromatic N) is 9. The SMILES string of the molecule is O=P1(c2ccccc2)c2ccccc2-c2cc3c(cc21)c1ccccc1n3-c1cc2cccnc2c2ncccc12.O=P1(c2ccccc2)c2ccccc2-c2cc3c(cc21)c1ccccc1n3-c1ccnc2c1ccc1cccnc12.O=P1(c2ccccc2)c2ccccc2-c2cc3c(cc21)c1ccccc1n3-c1cnc2c(ccc3cccnc32)c1. The molecule has 0 radical (unpaired) electrons. The Labute approximate surface area is 704 Å². The Balaban J connectivity index is 0.000000101. The van der Waals surface area contributed by atoms with Gasteiger partial charge < -0.3 is 27.4 Å². The van der Waals surface area contributed by atoms with Gasteiger partial charge in [0.25, 0.3) is 0 Å². The zero-order valence-electron chi connectivity index (χ0n) is 65.7. The molecule has 0 bridgehead atoms. The summed E-state index contributed by atoms with van der Waals surface area (Å²) >= 11 is 0. The lowest BCUT2D eigenvalue weighted by atomic mass is 10.0. The highest BCUT2D eigenvalue weighted by Crippen LogP contribution is 2.57. The van der Waals surface area contributed by atoms with Crippen molar-refractivity contribution in [3.8, 4) is 50.4 Å². The van der Waals surface area contributed by atoms with Crippen molar-refractivity contribution in [3.63, 3.8) is 0 Å². The zero-order valence-corrected chi connectivity index (χ0v) is 68.4. The highest BCUT2D eigenvalue weighted by molar-refractivity contribution is 7.87. The third-order valence-corrected chi connectivity index (χ3v) is 34.8. The second-order valence-electron chi connectivity index (χ2n) is 31.7. The fraction of sp³-hybridized carbons (Fsp3) is 0. The maximum atomic E-state index is 15.2. The number of aromatic nitrogens is 9. The molecule has 3 unspecified atom stereocenters. The van der Waals surface area contributed by atoms with Gasteiger partial charge in [0, 0.05) is 143 Å². The van der Waals surface area contributed by atoms with E-state index >= 15 is 13.7 Å². The second kappa shape index (κ2) is 27.2. The monoisotopic (exact) mass is 1630 g/mol. The first-order chi connectivity index (χ1) is 60.7. The molecule has 0 spiro atoms. The van der Waals surface area contributed by atoms with Crippen molar-refractivity contribution in [2.75, 3.05) is 0 Å². The molecule has 15 aromatic carbocycles. The Morgan fingerprint density at radius 3 is 1.02 bits per heavy atom. The van der Waals surface area contributed by atoms with E-state index < -0.39 is 21.4 Å². The Kier molecular flexibility index (Phi) is 15.7. The molecular formula is C108H66N9O3P3. The Morgan fingerprint density at radius 2 is 0.528 bits per heavy atom. The first-order valence-corrected chi connectivity index (χ1v) is 46.2. The molecule has 3 aliphatic heterocycles. The van der Waals surface area contributed by atoms with Gasteiger partial charge in [-0.1, -0.05) is 255 Å². The molecular weight excluding hydrogens is 1560 g/mol. The smallest absolute Gasteiger partial charge is 0.172 e. The van der Waals surface area contributed by atoms with Crippen molar-refractivity contribution in [2.45, 2.75) is 0 Å². The van der Waals surface area contributed by atoms with Gasteiger partial charge in [-0.2, -0.15) is 0 Å². The minimum atomic E-state index is -3.05. The van der Waals surface area contributed by atoms with Crippen molar-refractivity contribution in [1.29, 1.82) is 0 Å². The lowest BCUT2D eigenvalue weighted by Crippen LogP contribution is -2.20. The molecule has 123 heavy (non-hydrogen) atoms. The summed E-state index contributed by atoms with van der Waals surface area (Å²) in [6.45, 7) is 0. The van der Waals surface area contributed by atoms with Gasteiger partial charge in [-0.25, -0.2) is 0 Å². The molecule has 3 aliphatic rings. The van der Waals surface area contributed by atoms with Crippen LogP contribution in [0.25, 0.3) is 181 Å². The first-order valence-electron chi connectivity index (χ1n) is 41.1. The molecule has 3 atom stereocenters. The van der Waals surface area contributed by atoms with Gasteiger partial charge in [0.2, 0.25) is 0 Å². The van der Waals surface area contributed by atoms with Crippen molar-refractivity contribution in [1.82, 2.24) is 43.6 Å². The summed E-state index contributed by atoms with van der Waals surface area (Å²) in [6.07, 6.45) is 11.1. The zero-order chi connectivity index (χ0) is 81.4. The molecule has 0 fully saturated rings. The number of hydrogen-bond donors (Lipinski definition) is 0. The van der Waals surface area contributed by atoms with E-state index in [1.807, 2.05) is 207 Å². The van der Waals surface area contributed by atoms with E-state index in [4.69, 9.17) is 15.0 Å². The summed E-state index contributed by atoms with van der Waals surface area (Å²) in [5.41, 5.74) is 21.2. The Morgan fingerprint density at radius 1 is 0.195 bits per heavy atom. The van der Waals surface area contributed by atoms with Crippen LogP contribution in [0.3, 0.4) is 0 Å². The maximum absolute atomic E-state index is 15.2. The van der Waals surface area contributed by atoms with Crippen LogP contribution in [0.15, 0.2) is 401 Å². The number of pyridine rings is 6. The molecule has 15 heteroatoms. The molecule has 24 aromatic rings. The van der Waals surface area contributed by atoms with Gasteiger partial charge in [-0.3, -0.25) is 29.9 Å². The Bertz CT molecular complexity index is 8820. The minimum Gasteiger partial charge on any atom is -0.309 e. The average Bonchev–Trinajstić information content (AvgIpc) is 1.55. The predicted molar refractivity (Wildman–Crippen MR) is 509 cm³/mol. The van der Waals surface area contributed by atoms with E-state index in [0.717, 1.165) is 229 Å². The normalized spacial score (nSPS) is 16.0. The summed E-state index contributed by atoms with van der Waals surface area (Å²) in [6, 6.07) is 124. The van der Waals surface area contributed by atoms with E-state index in [0.29, 0.717) is 0 Å². The van der Waals surface area contributed by atoms with Crippen LogP contribution in [0.1, 0.15) is 0 Å². The summed E-state index contributed by atoms with van der Waals surface area (Å²) in [4.78, 5) is 28.4. The summed E-state index contributed by atoms with van der Waals surface area (Å²) < 4.78 is 52.5. The highest BCUT2D eigenvalue weighted by atomic mass is 31.2. The summed E-state index contributed by atoms with van der Waals surface area (Å²) in [7, 11) is -9.12. The summed E-state index contributed by atoms with van der Waals surface area (Å²) in [5, 5.41) is 21.0. The van der Waals surface area contributed by atoms with E-state index in [1.165, 1.54) is 0 Å². The van der Waals surface area contributed by atoms with Crippen LogP contribution < -0.4 is 47.7 Å². The van der Waals surface area contributed by atoms with Crippen LogP contribution in [0.5, 0.6) is 0 Å². The third kappa shape index (κ3) is 10.3. The molecule has 0 aliphatic carbocycles. The lowest BCUT2D eigenvalue weighted by molar-refractivity contribution is 0.592. The number of fused-ring (bicyclic) bond motifs is 27. The van der Waals surface area contributed by atoms with Crippen LogP contribution in [0.2, 0.25) is 0 Å². The van der Waals surface area contributed by atoms with Crippen LogP contribution in [-0.4, -0.2) is 43.6 Å². The van der Waals surface area contributed by atoms with Gasteiger partial charge in [0.05, 0.1) is 89.5 Å². The predicted octanol–water partition coefficient (Wildman–Crippen LogP) is 22.5. The van der Waals surface area contributed by atoms with Crippen LogP contribution in [0, 0.1) is 0 Å². The molecule has 0 saturated carbocycles.